The highest BCUT2D eigenvalue weighted by atomic mass is 19.4. The summed E-state index contributed by atoms with van der Waals surface area (Å²) < 4.78 is 72.9. The van der Waals surface area contributed by atoms with Crippen LogP contribution in [0.25, 0.3) is 10.9 Å². The summed E-state index contributed by atoms with van der Waals surface area (Å²) in [4.78, 5) is 28.6. The van der Waals surface area contributed by atoms with Gasteiger partial charge in [0.2, 0.25) is 5.91 Å². The Morgan fingerprint density at radius 3 is 2.42 bits per heavy atom. The number of nitrogens with one attached hydrogen (secondary N) is 2. The van der Waals surface area contributed by atoms with Gasteiger partial charge >= 0.3 is 12.1 Å². The Bertz CT molecular complexity index is 1800. The maximum absolute atomic E-state index is 13.9. The standard InChI is InChI=1S/C34H35F5N6O3/c1-44-9-6-24(7-10-44)45(32-28-15-19(2-5-29(28)42-43-32)12-20-13-21(35)16-22(36)14-20)25-8-11-48-30(18-25)27-17-23(3-4-26(27)31(40)46)41-33(47)34(37,38)39/h2-5,13-17,24-25,30H,6-12,18H2,1H3,(H2,40,46)(H,41,47)(H,42,43). The van der Waals surface area contributed by atoms with Crippen LogP contribution in [0.3, 0.4) is 0 Å². The fourth-order valence-electron chi connectivity index (χ4n) is 6.80. The molecule has 1 aromatic heterocycles. The number of fused-ring (bicyclic) bond motifs is 1. The van der Waals surface area contributed by atoms with Crippen LogP contribution in [-0.4, -0.2) is 71.9 Å². The van der Waals surface area contributed by atoms with E-state index in [2.05, 4.69) is 21.9 Å². The number of ether oxygens (including phenoxy) is 1. The molecule has 3 heterocycles. The monoisotopic (exact) mass is 670 g/mol. The van der Waals surface area contributed by atoms with E-state index in [1.807, 2.05) is 23.5 Å². The fourth-order valence-corrected chi connectivity index (χ4v) is 6.80. The van der Waals surface area contributed by atoms with Crippen LogP contribution in [0.4, 0.5) is 33.5 Å². The number of nitrogens with two attached hydrogens (primary N) is 1. The summed E-state index contributed by atoms with van der Waals surface area (Å²) in [5, 5.41) is 10.6. The summed E-state index contributed by atoms with van der Waals surface area (Å²) >= 11 is 0. The fraction of sp³-hybridized carbons (Fsp3) is 0.382. The highest BCUT2D eigenvalue weighted by Crippen LogP contribution is 2.39. The Morgan fingerprint density at radius 1 is 1.00 bits per heavy atom. The van der Waals surface area contributed by atoms with E-state index in [4.69, 9.17) is 15.6 Å². The van der Waals surface area contributed by atoms with Gasteiger partial charge in [0, 0.05) is 41.4 Å². The van der Waals surface area contributed by atoms with E-state index >= 15 is 0 Å². The maximum atomic E-state index is 13.9. The third-order valence-electron chi connectivity index (χ3n) is 9.09. The van der Waals surface area contributed by atoms with E-state index in [1.165, 1.54) is 30.3 Å². The number of primary amides is 1. The van der Waals surface area contributed by atoms with Gasteiger partial charge < -0.3 is 25.6 Å². The predicted octanol–water partition coefficient (Wildman–Crippen LogP) is 5.85. The van der Waals surface area contributed by atoms with Crippen molar-refractivity contribution in [1.29, 1.82) is 0 Å². The number of rotatable bonds is 8. The average molecular weight is 671 g/mol. The van der Waals surface area contributed by atoms with Crippen molar-refractivity contribution < 1.29 is 36.3 Å². The van der Waals surface area contributed by atoms with Crippen molar-refractivity contribution in [3.8, 4) is 0 Å². The van der Waals surface area contributed by atoms with Crippen LogP contribution in [0.15, 0.2) is 54.6 Å². The molecule has 48 heavy (non-hydrogen) atoms. The summed E-state index contributed by atoms with van der Waals surface area (Å²) in [6.45, 7) is 2.01. The topological polar surface area (TPSA) is 117 Å². The zero-order valence-corrected chi connectivity index (χ0v) is 26.1. The number of piperidine rings is 1. The van der Waals surface area contributed by atoms with Crippen molar-refractivity contribution in [2.45, 2.75) is 56.5 Å². The Hall–Kier alpha value is -4.56. The molecule has 2 unspecified atom stereocenters. The number of carbonyl (C=O) groups is 2. The van der Waals surface area contributed by atoms with Crippen LogP contribution in [0.5, 0.6) is 0 Å². The number of halogens is 5. The lowest BCUT2D eigenvalue weighted by Crippen LogP contribution is -2.51. The van der Waals surface area contributed by atoms with Gasteiger partial charge in [-0.15, -0.1) is 0 Å². The highest BCUT2D eigenvalue weighted by molar-refractivity contribution is 5.98. The van der Waals surface area contributed by atoms with Crippen molar-refractivity contribution in [2.24, 2.45) is 5.73 Å². The van der Waals surface area contributed by atoms with E-state index in [9.17, 15) is 31.5 Å². The van der Waals surface area contributed by atoms with Crippen LogP contribution in [0, 0.1) is 11.6 Å². The van der Waals surface area contributed by atoms with Crippen molar-refractivity contribution >= 4 is 34.2 Å². The molecule has 2 aliphatic rings. The van der Waals surface area contributed by atoms with E-state index in [0.717, 1.165) is 48.5 Å². The number of likely N-dealkylation sites (tertiary alicyclic amines) is 1. The van der Waals surface area contributed by atoms with Crippen LogP contribution in [0.2, 0.25) is 0 Å². The Balaban J connectivity index is 1.35. The van der Waals surface area contributed by atoms with E-state index in [0.29, 0.717) is 30.6 Å². The number of hydrogen-bond donors (Lipinski definition) is 3. The molecule has 3 aromatic carbocycles. The first-order valence-electron chi connectivity index (χ1n) is 15.7. The van der Waals surface area contributed by atoms with Gasteiger partial charge in [0.15, 0.2) is 5.82 Å². The number of amides is 2. The van der Waals surface area contributed by atoms with E-state index < -0.39 is 35.7 Å². The second-order valence-corrected chi connectivity index (χ2v) is 12.5. The third kappa shape index (κ3) is 7.29. The molecule has 6 rings (SSSR count). The quantitative estimate of drug-likeness (QED) is 0.203. The molecule has 0 bridgehead atoms. The lowest BCUT2D eigenvalue weighted by Gasteiger charge is -2.45. The zero-order valence-electron chi connectivity index (χ0n) is 26.1. The predicted molar refractivity (Wildman–Crippen MR) is 170 cm³/mol. The minimum absolute atomic E-state index is 0.0835. The number of aromatic nitrogens is 2. The van der Waals surface area contributed by atoms with Gasteiger partial charge in [-0.1, -0.05) is 6.07 Å². The van der Waals surface area contributed by atoms with Gasteiger partial charge in [0.1, 0.15) is 11.6 Å². The lowest BCUT2D eigenvalue weighted by atomic mass is 9.90. The molecular formula is C34H35F5N6O3. The molecule has 2 amide bonds. The summed E-state index contributed by atoms with van der Waals surface area (Å²) in [7, 11) is 2.06. The molecule has 0 radical (unpaired) electrons. The Labute approximate surface area is 273 Å². The summed E-state index contributed by atoms with van der Waals surface area (Å²) in [5.74, 6) is -3.50. The first-order valence-corrected chi connectivity index (χ1v) is 15.7. The number of nitrogens with zero attached hydrogens (tertiary/aromatic N) is 3. The SMILES string of the molecule is CN1CCC(N(c2n[nH]c3ccc(Cc4cc(F)cc(F)c4)cc23)C2CCOC(c3cc(NC(=O)C(F)(F)F)ccc3C(N)=O)C2)CC1. The number of aromatic amines is 1. The second kappa shape index (κ2) is 13.5. The largest absolute Gasteiger partial charge is 0.471 e. The van der Waals surface area contributed by atoms with E-state index in [1.54, 1.807) is 0 Å². The number of benzene rings is 3. The normalized spacial score (nSPS) is 19.4. The van der Waals surface area contributed by atoms with Gasteiger partial charge in [-0.3, -0.25) is 14.7 Å². The van der Waals surface area contributed by atoms with Gasteiger partial charge in [0.25, 0.3) is 0 Å². The van der Waals surface area contributed by atoms with Crippen molar-refractivity contribution in [1.82, 2.24) is 15.1 Å². The van der Waals surface area contributed by atoms with Crippen molar-refractivity contribution in [3.05, 3.63) is 88.5 Å². The summed E-state index contributed by atoms with van der Waals surface area (Å²) in [6.07, 6.45) is -2.84. The smallest absolute Gasteiger partial charge is 0.373 e. The van der Waals surface area contributed by atoms with Crippen LogP contribution < -0.4 is 16.0 Å². The molecule has 0 aliphatic carbocycles. The summed E-state index contributed by atoms with van der Waals surface area (Å²) in [6, 6.07) is 12.9. The first-order chi connectivity index (χ1) is 22.9. The molecule has 2 saturated heterocycles. The van der Waals surface area contributed by atoms with Crippen molar-refractivity contribution in [3.63, 3.8) is 0 Å². The molecule has 0 saturated carbocycles. The Kier molecular flexibility index (Phi) is 9.39. The number of anilines is 2. The van der Waals surface area contributed by atoms with Gasteiger partial charge in [0.05, 0.1) is 11.6 Å². The van der Waals surface area contributed by atoms with Gasteiger partial charge in [-0.05, 0) is 111 Å². The van der Waals surface area contributed by atoms with Gasteiger partial charge in [-0.2, -0.15) is 18.3 Å². The molecule has 4 aromatic rings. The minimum atomic E-state index is -5.09. The molecule has 4 N–H and O–H groups in total. The molecule has 2 atom stereocenters. The summed E-state index contributed by atoms with van der Waals surface area (Å²) in [5.41, 5.74) is 8.00. The Morgan fingerprint density at radius 2 is 1.73 bits per heavy atom. The van der Waals surface area contributed by atoms with Gasteiger partial charge in [-0.25, -0.2) is 8.78 Å². The minimum Gasteiger partial charge on any atom is -0.373 e. The lowest BCUT2D eigenvalue weighted by molar-refractivity contribution is -0.167. The van der Waals surface area contributed by atoms with Crippen molar-refractivity contribution in [2.75, 3.05) is 37.0 Å². The number of H-pyrrole nitrogens is 1. The zero-order chi connectivity index (χ0) is 34.2. The second-order valence-electron chi connectivity index (χ2n) is 12.5. The number of hydrogen-bond acceptors (Lipinski definition) is 6. The molecule has 2 fully saturated rings. The first kappa shape index (κ1) is 33.3. The molecule has 14 heteroatoms. The molecular weight excluding hydrogens is 635 g/mol. The number of alkyl halides is 3. The molecule has 9 nitrogen and oxygen atoms in total. The highest BCUT2D eigenvalue weighted by Gasteiger charge is 2.40. The molecule has 254 valence electrons. The third-order valence-corrected chi connectivity index (χ3v) is 9.09. The van der Waals surface area contributed by atoms with Crippen LogP contribution in [0.1, 0.15) is 58.8 Å². The average Bonchev–Trinajstić information content (AvgIpc) is 3.44. The molecule has 0 spiro atoms. The number of carbonyl (C=O) groups excluding carboxylic acids is 2. The maximum Gasteiger partial charge on any atom is 0.471 e. The van der Waals surface area contributed by atoms with Crippen LogP contribution in [-0.2, 0) is 16.0 Å². The van der Waals surface area contributed by atoms with E-state index in [-0.39, 0.29) is 35.5 Å². The molecule has 2 aliphatic heterocycles. The van der Waals surface area contributed by atoms with Crippen LogP contribution >= 0.6 is 0 Å².